The fourth-order valence-electron chi connectivity index (χ4n) is 3.97. The topological polar surface area (TPSA) is 41.9 Å². The van der Waals surface area contributed by atoms with E-state index in [0.29, 0.717) is 13.0 Å². The van der Waals surface area contributed by atoms with Crippen LogP contribution in [0.1, 0.15) is 43.7 Å². The van der Waals surface area contributed by atoms with E-state index in [1.165, 1.54) is 5.56 Å². The van der Waals surface area contributed by atoms with Gasteiger partial charge < -0.3 is 14.6 Å². The number of aliphatic hydroxyl groups is 1. The lowest BCUT2D eigenvalue weighted by Crippen LogP contribution is -2.44. The van der Waals surface area contributed by atoms with Crippen LogP contribution in [0, 0.1) is 0 Å². The molecule has 1 N–H and O–H groups in total. The van der Waals surface area contributed by atoms with Gasteiger partial charge in [0.05, 0.1) is 25.4 Å². The van der Waals surface area contributed by atoms with Crippen LogP contribution in [0.25, 0.3) is 0 Å². The normalized spacial score (nSPS) is 18.4. The maximum atomic E-state index is 11.9. The standard InChI is InChI=1S/C24H33NO3/c1-3-16-28-22-12-10-21(11-13-22)24(26,4-2)23(20-8-6-5-7-9-20)19-25-14-17-27-18-15-25/h5-13,23,26H,3-4,14-19H2,1-2H3/t23-,24+/m1/s1. The molecule has 0 aliphatic carbocycles. The maximum absolute atomic E-state index is 11.9. The summed E-state index contributed by atoms with van der Waals surface area (Å²) in [6.45, 7) is 9.02. The summed E-state index contributed by atoms with van der Waals surface area (Å²) in [7, 11) is 0. The third kappa shape index (κ3) is 4.93. The molecule has 0 aromatic heterocycles. The molecule has 1 aliphatic rings. The Morgan fingerprint density at radius 2 is 1.71 bits per heavy atom. The Kier molecular flexibility index (Phi) is 7.49. The number of rotatable bonds is 9. The molecule has 2 aromatic carbocycles. The molecule has 0 spiro atoms. The minimum atomic E-state index is -0.942. The van der Waals surface area contributed by atoms with Crippen molar-refractivity contribution in [1.82, 2.24) is 4.90 Å². The Balaban J connectivity index is 1.90. The van der Waals surface area contributed by atoms with Crippen LogP contribution in [0.4, 0.5) is 0 Å². The van der Waals surface area contributed by atoms with E-state index in [2.05, 4.69) is 43.0 Å². The lowest BCUT2D eigenvalue weighted by molar-refractivity contribution is -0.0250. The minimum Gasteiger partial charge on any atom is -0.494 e. The Morgan fingerprint density at radius 3 is 2.32 bits per heavy atom. The molecule has 1 fully saturated rings. The highest BCUT2D eigenvalue weighted by Gasteiger charge is 2.39. The van der Waals surface area contributed by atoms with Gasteiger partial charge in [-0.2, -0.15) is 0 Å². The molecule has 1 aliphatic heterocycles. The molecule has 1 heterocycles. The zero-order chi connectivity index (χ0) is 19.8. The summed E-state index contributed by atoms with van der Waals surface area (Å²) in [6.07, 6.45) is 1.63. The predicted octanol–water partition coefficient (Wildman–Crippen LogP) is 4.19. The first-order valence-corrected chi connectivity index (χ1v) is 10.5. The Bertz CT molecular complexity index is 698. The Labute approximate surface area is 169 Å². The van der Waals surface area contributed by atoms with Crippen molar-refractivity contribution < 1.29 is 14.6 Å². The van der Waals surface area contributed by atoms with E-state index in [9.17, 15) is 5.11 Å². The van der Waals surface area contributed by atoms with Gasteiger partial charge in [-0.25, -0.2) is 0 Å². The highest BCUT2D eigenvalue weighted by molar-refractivity contribution is 5.35. The highest BCUT2D eigenvalue weighted by atomic mass is 16.5. The summed E-state index contributed by atoms with van der Waals surface area (Å²) in [4.78, 5) is 2.40. The van der Waals surface area contributed by atoms with Crippen molar-refractivity contribution in [3.63, 3.8) is 0 Å². The minimum absolute atomic E-state index is 0.0146. The predicted molar refractivity (Wildman–Crippen MR) is 113 cm³/mol. The molecule has 3 rings (SSSR count). The molecule has 1 saturated heterocycles. The fourth-order valence-corrected chi connectivity index (χ4v) is 3.97. The van der Waals surface area contributed by atoms with Gasteiger partial charge in [0.15, 0.2) is 0 Å². The average molecular weight is 384 g/mol. The van der Waals surface area contributed by atoms with E-state index in [0.717, 1.165) is 50.6 Å². The van der Waals surface area contributed by atoms with Gasteiger partial charge in [0.25, 0.3) is 0 Å². The molecule has 0 saturated carbocycles. The smallest absolute Gasteiger partial charge is 0.119 e. The van der Waals surface area contributed by atoms with Crippen LogP contribution in [0.3, 0.4) is 0 Å². The van der Waals surface area contributed by atoms with Gasteiger partial charge in [-0.1, -0.05) is 56.3 Å². The monoisotopic (exact) mass is 383 g/mol. The average Bonchev–Trinajstić information content (AvgIpc) is 2.77. The van der Waals surface area contributed by atoms with E-state index in [4.69, 9.17) is 9.47 Å². The second-order valence-electron chi connectivity index (χ2n) is 7.53. The molecule has 28 heavy (non-hydrogen) atoms. The van der Waals surface area contributed by atoms with Gasteiger partial charge >= 0.3 is 0 Å². The summed E-state index contributed by atoms with van der Waals surface area (Å²) in [5.74, 6) is 0.840. The van der Waals surface area contributed by atoms with Crippen molar-refractivity contribution >= 4 is 0 Å². The van der Waals surface area contributed by atoms with Crippen LogP contribution in [0.15, 0.2) is 54.6 Å². The first-order chi connectivity index (χ1) is 13.7. The van der Waals surface area contributed by atoms with E-state index >= 15 is 0 Å². The molecule has 2 aromatic rings. The van der Waals surface area contributed by atoms with E-state index in [1.807, 2.05) is 30.3 Å². The van der Waals surface area contributed by atoms with Gasteiger partial charge in [-0.15, -0.1) is 0 Å². The molecule has 0 amide bonds. The van der Waals surface area contributed by atoms with Crippen LogP contribution >= 0.6 is 0 Å². The number of hydrogen-bond donors (Lipinski definition) is 1. The molecular weight excluding hydrogens is 350 g/mol. The number of nitrogens with zero attached hydrogens (tertiary/aromatic N) is 1. The SMILES string of the molecule is CCCOc1ccc([C@@](O)(CC)[C@H](CN2CCOCC2)c2ccccc2)cc1. The van der Waals surface area contributed by atoms with Crippen molar-refractivity contribution in [2.24, 2.45) is 0 Å². The number of benzene rings is 2. The molecule has 4 heteroatoms. The van der Waals surface area contributed by atoms with Gasteiger partial charge in [0.2, 0.25) is 0 Å². The van der Waals surface area contributed by atoms with Crippen LogP contribution < -0.4 is 4.74 Å². The Hall–Kier alpha value is -1.88. The summed E-state index contributed by atoms with van der Waals surface area (Å²) >= 11 is 0. The summed E-state index contributed by atoms with van der Waals surface area (Å²) in [5.41, 5.74) is 1.17. The molecule has 4 nitrogen and oxygen atoms in total. The third-order valence-corrected chi connectivity index (χ3v) is 5.69. The summed E-state index contributed by atoms with van der Waals surface area (Å²) < 4.78 is 11.2. The van der Waals surface area contributed by atoms with Crippen molar-refractivity contribution in [1.29, 1.82) is 0 Å². The molecule has 0 radical (unpaired) electrons. The summed E-state index contributed by atoms with van der Waals surface area (Å²) in [6, 6.07) is 18.4. The van der Waals surface area contributed by atoms with Gasteiger partial charge in [-0.05, 0) is 36.1 Å². The van der Waals surface area contributed by atoms with Gasteiger partial charge in [0, 0.05) is 25.6 Å². The van der Waals surface area contributed by atoms with E-state index in [-0.39, 0.29) is 5.92 Å². The van der Waals surface area contributed by atoms with E-state index in [1.54, 1.807) is 0 Å². The third-order valence-electron chi connectivity index (χ3n) is 5.69. The number of morpholine rings is 1. The lowest BCUT2D eigenvalue weighted by Gasteiger charge is -2.40. The zero-order valence-electron chi connectivity index (χ0n) is 17.1. The van der Waals surface area contributed by atoms with Crippen LogP contribution in [0.5, 0.6) is 5.75 Å². The van der Waals surface area contributed by atoms with Crippen LogP contribution in [0.2, 0.25) is 0 Å². The molecule has 152 valence electrons. The fraction of sp³-hybridized carbons (Fsp3) is 0.500. The lowest BCUT2D eigenvalue weighted by atomic mass is 9.75. The second-order valence-corrected chi connectivity index (χ2v) is 7.53. The number of ether oxygens (including phenoxy) is 2. The molecule has 0 unspecified atom stereocenters. The quantitative estimate of drug-likeness (QED) is 0.705. The molecular formula is C24H33NO3. The second kappa shape index (κ2) is 10.1. The number of hydrogen-bond acceptors (Lipinski definition) is 4. The molecule has 0 bridgehead atoms. The van der Waals surface area contributed by atoms with Crippen molar-refractivity contribution in [3.8, 4) is 5.75 Å². The maximum Gasteiger partial charge on any atom is 0.119 e. The zero-order valence-corrected chi connectivity index (χ0v) is 17.1. The van der Waals surface area contributed by atoms with Crippen LogP contribution in [-0.2, 0) is 10.3 Å². The first kappa shape index (κ1) is 20.8. The van der Waals surface area contributed by atoms with Gasteiger partial charge in [-0.3, -0.25) is 4.90 Å². The van der Waals surface area contributed by atoms with Gasteiger partial charge in [0.1, 0.15) is 5.75 Å². The highest BCUT2D eigenvalue weighted by Crippen LogP contribution is 2.41. The largest absolute Gasteiger partial charge is 0.494 e. The molecule has 2 atom stereocenters. The van der Waals surface area contributed by atoms with Crippen molar-refractivity contribution in [2.45, 2.75) is 38.2 Å². The first-order valence-electron chi connectivity index (χ1n) is 10.5. The van der Waals surface area contributed by atoms with Crippen molar-refractivity contribution in [3.05, 3.63) is 65.7 Å². The van der Waals surface area contributed by atoms with Crippen molar-refractivity contribution in [2.75, 3.05) is 39.5 Å². The Morgan fingerprint density at radius 1 is 1.04 bits per heavy atom. The summed E-state index contributed by atoms with van der Waals surface area (Å²) in [5, 5.41) is 11.9. The van der Waals surface area contributed by atoms with Crippen LogP contribution in [-0.4, -0.2) is 49.5 Å². The van der Waals surface area contributed by atoms with E-state index < -0.39 is 5.60 Å².